The number of hydrogen-bond donors (Lipinski definition) is 1. The van der Waals surface area contributed by atoms with Crippen molar-refractivity contribution in [2.24, 2.45) is 5.92 Å². The Morgan fingerprint density at radius 1 is 1.26 bits per heavy atom. The predicted molar refractivity (Wildman–Crippen MR) is 104 cm³/mol. The first-order valence-electron chi connectivity index (χ1n) is 10.1. The Morgan fingerprint density at radius 3 is 2.81 bits per heavy atom. The zero-order chi connectivity index (χ0) is 18.6. The molecule has 1 amide bonds. The minimum atomic E-state index is 0.0942. The van der Waals surface area contributed by atoms with E-state index in [1.54, 1.807) is 6.20 Å². The summed E-state index contributed by atoms with van der Waals surface area (Å²) in [6.07, 6.45) is 6.38. The van der Waals surface area contributed by atoms with Gasteiger partial charge in [-0.3, -0.25) is 14.8 Å². The van der Waals surface area contributed by atoms with Crippen LogP contribution in [0.5, 0.6) is 0 Å². The van der Waals surface area contributed by atoms with E-state index in [0.717, 1.165) is 69.2 Å². The van der Waals surface area contributed by atoms with Crippen molar-refractivity contribution in [1.29, 1.82) is 0 Å². The van der Waals surface area contributed by atoms with Crippen molar-refractivity contribution in [3.63, 3.8) is 0 Å². The van der Waals surface area contributed by atoms with E-state index in [-0.39, 0.29) is 5.91 Å². The minimum Gasteiger partial charge on any atom is -0.379 e. The fourth-order valence-electron chi connectivity index (χ4n) is 4.17. The molecule has 4 heterocycles. The van der Waals surface area contributed by atoms with Gasteiger partial charge in [0, 0.05) is 43.5 Å². The van der Waals surface area contributed by atoms with Crippen molar-refractivity contribution in [3.8, 4) is 0 Å². The highest BCUT2D eigenvalue weighted by atomic mass is 16.5. The average molecular weight is 371 g/mol. The van der Waals surface area contributed by atoms with Gasteiger partial charge in [0.15, 0.2) is 5.65 Å². The first-order chi connectivity index (χ1) is 13.2. The summed E-state index contributed by atoms with van der Waals surface area (Å²) in [5.74, 6) is 0.837. The standard InChI is InChI=1S/C20H29N5O2/c1-15-18-13-17(14-21-19(18)23-22-15)20(26)25-7-4-16(5-8-25)3-2-6-24-9-11-27-12-10-24/h13-14,16H,2-12H2,1H3,(H,21,22,23). The predicted octanol–water partition coefficient (Wildman–Crippen LogP) is 2.23. The maximum absolute atomic E-state index is 12.8. The zero-order valence-electron chi connectivity index (χ0n) is 16.1. The molecule has 0 atom stereocenters. The van der Waals surface area contributed by atoms with Gasteiger partial charge in [-0.05, 0) is 51.1 Å². The molecule has 2 saturated heterocycles. The molecule has 2 aliphatic rings. The molecule has 2 fully saturated rings. The van der Waals surface area contributed by atoms with Crippen LogP contribution in [0.1, 0.15) is 41.7 Å². The number of hydrogen-bond acceptors (Lipinski definition) is 5. The number of carbonyl (C=O) groups is 1. The number of pyridine rings is 1. The molecule has 0 bridgehead atoms. The molecule has 2 aliphatic heterocycles. The van der Waals surface area contributed by atoms with Crippen LogP contribution in [-0.2, 0) is 4.74 Å². The van der Waals surface area contributed by atoms with Gasteiger partial charge in [0.05, 0.1) is 18.8 Å². The number of aromatic amines is 1. The largest absolute Gasteiger partial charge is 0.379 e. The third-order valence-corrected chi connectivity index (χ3v) is 5.94. The van der Waals surface area contributed by atoms with Crippen molar-refractivity contribution in [1.82, 2.24) is 25.0 Å². The fraction of sp³-hybridized carbons (Fsp3) is 0.650. The highest BCUT2D eigenvalue weighted by Gasteiger charge is 2.24. The third-order valence-electron chi connectivity index (χ3n) is 5.94. The topological polar surface area (TPSA) is 74.4 Å². The normalized spacial score (nSPS) is 19.7. The van der Waals surface area contributed by atoms with Gasteiger partial charge in [-0.2, -0.15) is 5.10 Å². The second-order valence-corrected chi connectivity index (χ2v) is 7.78. The Kier molecular flexibility index (Phi) is 5.69. The van der Waals surface area contributed by atoms with Crippen molar-refractivity contribution in [2.45, 2.75) is 32.6 Å². The van der Waals surface area contributed by atoms with Gasteiger partial charge in [-0.1, -0.05) is 0 Å². The summed E-state index contributed by atoms with van der Waals surface area (Å²) in [7, 11) is 0. The molecule has 2 aromatic heterocycles. The SMILES string of the molecule is Cc1[nH]nc2ncc(C(=O)N3CCC(CCCN4CCOCC4)CC3)cc12. The van der Waals surface area contributed by atoms with Crippen LogP contribution in [0.3, 0.4) is 0 Å². The number of rotatable bonds is 5. The summed E-state index contributed by atoms with van der Waals surface area (Å²) in [5.41, 5.74) is 2.28. The summed E-state index contributed by atoms with van der Waals surface area (Å²) in [5, 5.41) is 7.98. The monoisotopic (exact) mass is 371 g/mol. The van der Waals surface area contributed by atoms with Gasteiger partial charge >= 0.3 is 0 Å². The third kappa shape index (κ3) is 4.30. The van der Waals surface area contributed by atoms with Gasteiger partial charge in [-0.25, -0.2) is 4.98 Å². The van der Waals surface area contributed by atoms with Crippen molar-refractivity contribution in [2.75, 3.05) is 45.9 Å². The van der Waals surface area contributed by atoms with Crippen LogP contribution in [0.15, 0.2) is 12.3 Å². The van der Waals surface area contributed by atoms with Gasteiger partial charge in [0.25, 0.3) is 5.91 Å². The fourth-order valence-corrected chi connectivity index (χ4v) is 4.17. The number of carbonyl (C=O) groups excluding carboxylic acids is 1. The molecule has 1 N–H and O–H groups in total. The maximum atomic E-state index is 12.8. The lowest BCUT2D eigenvalue weighted by molar-refractivity contribution is 0.0361. The van der Waals surface area contributed by atoms with E-state index in [0.29, 0.717) is 11.2 Å². The lowest BCUT2D eigenvalue weighted by Crippen LogP contribution is -2.39. The molecule has 7 nitrogen and oxygen atoms in total. The molecule has 0 aromatic carbocycles. The molecule has 0 aliphatic carbocycles. The molecule has 2 aromatic rings. The van der Waals surface area contributed by atoms with Crippen molar-refractivity contribution >= 4 is 16.9 Å². The van der Waals surface area contributed by atoms with E-state index in [9.17, 15) is 4.79 Å². The second-order valence-electron chi connectivity index (χ2n) is 7.78. The van der Waals surface area contributed by atoms with Crippen LogP contribution >= 0.6 is 0 Å². The molecule has 0 saturated carbocycles. The summed E-state index contributed by atoms with van der Waals surface area (Å²) < 4.78 is 5.40. The Morgan fingerprint density at radius 2 is 2.04 bits per heavy atom. The molecular formula is C20H29N5O2. The quantitative estimate of drug-likeness (QED) is 0.872. The smallest absolute Gasteiger partial charge is 0.255 e. The number of nitrogens with one attached hydrogen (secondary N) is 1. The average Bonchev–Trinajstić information content (AvgIpc) is 3.09. The number of piperidine rings is 1. The Bertz CT molecular complexity index is 776. The van der Waals surface area contributed by atoms with E-state index in [2.05, 4.69) is 20.1 Å². The van der Waals surface area contributed by atoms with E-state index in [4.69, 9.17) is 4.74 Å². The first kappa shape index (κ1) is 18.4. The number of aromatic nitrogens is 3. The summed E-state index contributed by atoms with van der Waals surface area (Å²) in [6.45, 7) is 8.72. The van der Waals surface area contributed by atoms with Crippen LogP contribution in [0.2, 0.25) is 0 Å². The summed E-state index contributed by atoms with van der Waals surface area (Å²) in [4.78, 5) is 21.6. The number of aryl methyl sites for hydroxylation is 1. The lowest BCUT2D eigenvalue weighted by atomic mass is 9.92. The number of ether oxygens (including phenoxy) is 1. The van der Waals surface area contributed by atoms with Gasteiger partial charge < -0.3 is 9.64 Å². The van der Waals surface area contributed by atoms with Crippen LogP contribution < -0.4 is 0 Å². The van der Waals surface area contributed by atoms with E-state index < -0.39 is 0 Å². The lowest BCUT2D eigenvalue weighted by Gasteiger charge is -2.33. The molecule has 7 heteroatoms. The minimum absolute atomic E-state index is 0.0942. The number of morpholine rings is 1. The first-order valence-corrected chi connectivity index (χ1v) is 10.1. The van der Waals surface area contributed by atoms with Crippen molar-refractivity contribution < 1.29 is 9.53 Å². The molecule has 0 radical (unpaired) electrons. The number of likely N-dealkylation sites (tertiary alicyclic amines) is 1. The number of amides is 1. The van der Waals surface area contributed by atoms with Crippen molar-refractivity contribution in [3.05, 3.63) is 23.5 Å². The Hall–Kier alpha value is -1.99. The molecule has 0 spiro atoms. The van der Waals surface area contributed by atoms with Gasteiger partial charge in [0.1, 0.15) is 0 Å². The highest BCUT2D eigenvalue weighted by molar-refractivity contribution is 5.97. The summed E-state index contributed by atoms with van der Waals surface area (Å²) in [6, 6.07) is 1.91. The van der Waals surface area contributed by atoms with E-state index >= 15 is 0 Å². The molecule has 4 rings (SSSR count). The maximum Gasteiger partial charge on any atom is 0.255 e. The second kappa shape index (κ2) is 8.35. The number of fused-ring (bicyclic) bond motifs is 1. The number of nitrogens with zero attached hydrogens (tertiary/aromatic N) is 4. The summed E-state index contributed by atoms with van der Waals surface area (Å²) >= 11 is 0. The van der Waals surface area contributed by atoms with Crippen LogP contribution in [0, 0.1) is 12.8 Å². The highest BCUT2D eigenvalue weighted by Crippen LogP contribution is 2.24. The molecular weight excluding hydrogens is 342 g/mol. The molecule has 0 unspecified atom stereocenters. The molecule has 146 valence electrons. The van der Waals surface area contributed by atoms with Crippen LogP contribution in [0.25, 0.3) is 11.0 Å². The zero-order valence-corrected chi connectivity index (χ0v) is 16.1. The van der Waals surface area contributed by atoms with Crippen LogP contribution in [0.4, 0.5) is 0 Å². The van der Waals surface area contributed by atoms with Gasteiger partial charge in [-0.15, -0.1) is 0 Å². The Balaban J connectivity index is 1.25. The van der Waals surface area contributed by atoms with E-state index in [1.165, 1.54) is 19.4 Å². The van der Waals surface area contributed by atoms with E-state index in [1.807, 2.05) is 17.9 Å². The van der Waals surface area contributed by atoms with Gasteiger partial charge in [0.2, 0.25) is 0 Å². The molecule has 27 heavy (non-hydrogen) atoms. The van der Waals surface area contributed by atoms with Crippen LogP contribution in [-0.4, -0.2) is 76.8 Å². The number of H-pyrrole nitrogens is 1. The Labute approximate surface area is 160 Å².